The molecule has 24 heavy (non-hydrogen) atoms. The lowest BCUT2D eigenvalue weighted by molar-refractivity contribution is 0.107. The number of carbonyl (C=O) groups excluding carboxylic acids is 1. The third kappa shape index (κ3) is 4.62. The average Bonchev–Trinajstić information content (AvgIpc) is 3.01. The van der Waals surface area contributed by atoms with Gasteiger partial charge in [-0.05, 0) is 31.2 Å². The Balaban J connectivity index is 1.93. The van der Waals surface area contributed by atoms with Gasteiger partial charge in [0.15, 0.2) is 11.5 Å². The van der Waals surface area contributed by atoms with Gasteiger partial charge in [0.2, 0.25) is 0 Å². The van der Waals surface area contributed by atoms with Gasteiger partial charge in [-0.15, -0.1) is 11.3 Å². The minimum atomic E-state index is -0.308. The summed E-state index contributed by atoms with van der Waals surface area (Å²) in [5.41, 5.74) is 0.617. The third-order valence-corrected chi connectivity index (χ3v) is 4.55. The highest BCUT2D eigenvalue weighted by Crippen LogP contribution is 2.29. The summed E-state index contributed by atoms with van der Waals surface area (Å²) in [6, 6.07) is 8.93. The molecule has 0 aliphatic carbocycles. The summed E-state index contributed by atoms with van der Waals surface area (Å²) in [7, 11) is 4.75. The number of aryl methyl sites for hydroxylation is 1. The zero-order valence-electron chi connectivity index (χ0n) is 14.2. The van der Waals surface area contributed by atoms with Crippen LogP contribution in [0.3, 0.4) is 0 Å². The molecule has 2 aromatic rings. The van der Waals surface area contributed by atoms with Gasteiger partial charge in [0.1, 0.15) is 6.10 Å². The predicted octanol–water partition coefficient (Wildman–Crippen LogP) is 3.58. The summed E-state index contributed by atoms with van der Waals surface area (Å²) in [6.07, 6.45) is -0.167. The van der Waals surface area contributed by atoms with Crippen LogP contribution >= 0.6 is 11.3 Å². The summed E-state index contributed by atoms with van der Waals surface area (Å²) in [5.74, 6) is 1.16. The molecule has 1 heterocycles. The number of hydrogen-bond acceptors (Lipinski definition) is 5. The van der Waals surface area contributed by atoms with Gasteiger partial charge >= 0.3 is 6.03 Å². The van der Waals surface area contributed by atoms with E-state index in [9.17, 15) is 4.79 Å². The van der Waals surface area contributed by atoms with Gasteiger partial charge in [-0.3, -0.25) is 0 Å². The average molecular weight is 350 g/mol. The van der Waals surface area contributed by atoms with Gasteiger partial charge in [-0.2, -0.15) is 0 Å². The van der Waals surface area contributed by atoms with Crippen LogP contribution in [0.2, 0.25) is 0 Å². The Labute approximate surface area is 145 Å². The van der Waals surface area contributed by atoms with Crippen molar-refractivity contribution >= 4 is 23.1 Å². The summed E-state index contributed by atoms with van der Waals surface area (Å²) in [6.45, 7) is 2.42. The number of rotatable bonds is 7. The normalized spacial score (nSPS) is 11.7. The molecule has 0 aliphatic heterocycles. The van der Waals surface area contributed by atoms with Crippen LogP contribution < -0.4 is 20.1 Å². The minimum absolute atomic E-state index is 0.167. The van der Waals surface area contributed by atoms with Crippen LogP contribution in [0.25, 0.3) is 0 Å². The SMILES string of the molecule is COc1ccc(NC(=O)NCC(OC)c2ccc(C)s2)cc1OC. The molecule has 7 heteroatoms. The summed E-state index contributed by atoms with van der Waals surface area (Å²) in [4.78, 5) is 14.4. The van der Waals surface area contributed by atoms with Crippen LogP contribution in [0.15, 0.2) is 30.3 Å². The smallest absolute Gasteiger partial charge is 0.319 e. The van der Waals surface area contributed by atoms with Gasteiger partial charge in [0, 0.05) is 28.6 Å². The number of urea groups is 1. The predicted molar refractivity (Wildman–Crippen MR) is 95.4 cm³/mol. The number of hydrogen-bond donors (Lipinski definition) is 2. The minimum Gasteiger partial charge on any atom is -0.493 e. The summed E-state index contributed by atoms with van der Waals surface area (Å²) >= 11 is 1.66. The van der Waals surface area contributed by atoms with Crippen LogP contribution in [0.5, 0.6) is 11.5 Å². The van der Waals surface area contributed by atoms with E-state index in [-0.39, 0.29) is 12.1 Å². The van der Waals surface area contributed by atoms with E-state index in [1.54, 1.807) is 50.9 Å². The Hall–Kier alpha value is -2.25. The zero-order chi connectivity index (χ0) is 17.5. The van der Waals surface area contributed by atoms with E-state index in [2.05, 4.69) is 10.6 Å². The second-order valence-electron chi connectivity index (χ2n) is 5.08. The first-order valence-corrected chi connectivity index (χ1v) is 8.25. The van der Waals surface area contributed by atoms with Crippen molar-refractivity contribution in [2.75, 3.05) is 33.2 Å². The standard InChI is InChI=1S/C17H22N2O4S/c1-11-5-8-16(24-11)15(23-4)10-18-17(20)19-12-6-7-13(21-2)14(9-12)22-3/h5-9,15H,10H2,1-4H3,(H2,18,19,20). The van der Waals surface area contributed by atoms with Crippen molar-refractivity contribution in [2.24, 2.45) is 0 Å². The molecule has 0 saturated heterocycles. The molecule has 0 radical (unpaired) electrons. The third-order valence-electron chi connectivity index (χ3n) is 3.45. The van der Waals surface area contributed by atoms with Crippen LogP contribution in [0.4, 0.5) is 10.5 Å². The fraction of sp³-hybridized carbons (Fsp3) is 0.353. The van der Waals surface area contributed by atoms with Crippen molar-refractivity contribution in [3.63, 3.8) is 0 Å². The molecule has 0 aliphatic rings. The zero-order valence-corrected chi connectivity index (χ0v) is 15.0. The van der Waals surface area contributed by atoms with E-state index in [1.165, 1.54) is 4.88 Å². The van der Waals surface area contributed by atoms with Crippen molar-refractivity contribution in [3.05, 3.63) is 40.1 Å². The molecular weight excluding hydrogens is 328 g/mol. The molecule has 1 atom stereocenters. The van der Waals surface area contributed by atoms with Gasteiger partial charge < -0.3 is 24.8 Å². The Morgan fingerprint density at radius 2 is 1.88 bits per heavy atom. The highest BCUT2D eigenvalue weighted by atomic mass is 32.1. The first-order chi connectivity index (χ1) is 11.6. The molecule has 6 nitrogen and oxygen atoms in total. The van der Waals surface area contributed by atoms with Crippen molar-refractivity contribution in [2.45, 2.75) is 13.0 Å². The van der Waals surface area contributed by atoms with E-state index in [0.29, 0.717) is 23.7 Å². The van der Waals surface area contributed by atoms with Crippen LogP contribution in [-0.2, 0) is 4.74 Å². The molecule has 0 saturated carbocycles. The molecule has 0 spiro atoms. The molecule has 2 rings (SSSR count). The molecule has 1 aromatic carbocycles. The number of amides is 2. The monoisotopic (exact) mass is 350 g/mol. The van der Waals surface area contributed by atoms with Crippen molar-refractivity contribution in [3.8, 4) is 11.5 Å². The molecule has 0 fully saturated rings. The number of ether oxygens (including phenoxy) is 3. The lowest BCUT2D eigenvalue weighted by Crippen LogP contribution is -2.32. The number of anilines is 1. The Bertz CT molecular complexity index is 687. The molecule has 0 bridgehead atoms. The molecular formula is C17H22N2O4S. The Morgan fingerprint density at radius 1 is 1.12 bits per heavy atom. The number of carbonyl (C=O) groups is 1. The van der Waals surface area contributed by atoms with Gasteiger partial charge in [0.25, 0.3) is 0 Å². The lowest BCUT2D eigenvalue weighted by atomic mass is 10.2. The maximum atomic E-state index is 12.1. The second kappa shape index (κ2) is 8.56. The largest absolute Gasteiger partial charge is 0.493 e. The fourth-order valence-corrected chi connectivity index (χ4v) is 3.16. The van der Waals surface area contributed by atoms with E-state index in [1.807, 2.05) is 19.1 Å². The molecule has 2 amide bonds. The van der Waals surface area contributed by atoms with Crippen molar-refractivity contribution in [1.29, 1.82) is 0 Å². The number of benzene rings is 1. The van der Waals surface area contributed by atoms with Crippen molar-refractivity contribution in [1.82, 2.24) is 5.32 Å². The van der Waals surface area contributed by atoms with E-state index in [0.717, 1.165) is 4.88 Å². The molecule has 1 unspecified atom stereocenters. The molecule has 130 valence electrons. The first-order valence-electron chi connectivity index (χ1n) is 7.43. The Kier molecular flexibility index (Phi) is 6.45. The van der Waals surface area contributed by atoms with Gasteiger partial charge in [-0.1, -0.05) is 0 Å². The quantitative estimate of drug-likeness (QED) is 0.801. The van der Waals surface area contributed by atoms with E-state index in [4.69, 9.17) is 14.2 Å². The summed E-state index contributed by atoms with van der Waals surface area (Å²) < 4.78 is 15.8. The number of methoxy groups -OCH3 is 3. The van der Waals surface area contributed by atoms with Crippen molar-refractivity contribution < 1.29 is 19.0 Å². The highest BCUT2D eigenvalue weighted by Gasteiger charge is 2.14. The van der Waals surface area contributed by atoms with E-state index < -0.39 is 0 Å². The first kappa shape index (κ1) is 18.1. The van der Waals surface area contributed by atoms with Crippen LogP contribution in [0, 0.1) is 6.92 Å². The maximum absolute atomic E-state index is 12.1. The van der Waals surface area contributed by atoms with Crippen LogP contribution in [-0.4, -0.2) is 33.9 Å². The molecule has 2 N–H and O–H groups in total. The highest BCUT2D eigenvalue weighted by molar-refractivity contribution is 7.12. The van der Waals surface area contributed by atoms with Gasteiger partial charge in [0.05, 0.1) is 20.8 Å². The maximum Gasteiger partial charge on any atom is 0.319 e. The fourth-order valence-electron chi connectivity index (χ4n) is 2.20. The number of thiophene rings is 1. The number of nitrogens with one attached hydrogen (secondary N) is 2. The lowest BCUT2D eigenvalue weighted by Gasteiger charge is -2.15. The summed E-state index contributed by atoms with van der Waals surface area (Å²) in [5, 5.41) is 5.58. The van der Waals surface area contributed by atoms with Crippen LogP contribution in [0.1, 0.15) is 15.9 Å². The second-order valence-corrected chi connectivity index (χ2v) is 6.40. The molecule has 1 aromatic heterocycles. The van der Waals surface area contributed by atoms with E-state index >= 15 is 0 Å². The Morgan fingerprint density at radius 3 is 2.46 bits per heavy atom. The topological polar surface area (TPSA) is 68.8 Å². The van der Waals surface area contributed by atoms with Gasteiger partial charge in [-0.25, -0.2) is 4.79 Å².